The topological polar surface area (TPSA) is 76.6 Å². The third-order valence-electron chi connectivity index (χ3n) is 4.79. The molecule has 1 aliphatic heterocycles. The van der Waals surface area contributed by atoms with Crippen molar-refractivity contribution in [2.75, 3.05) is 18.5 Å². The van der Waals surface area contributed by atoms with E-state index in [9.17, 15) is 4.79 Å². The van der Waals surface area contributed by atoms with E-state index in [2.05, 4.69) is 15.3 Å². The molecule has 1 unspecified atom stereocenters. The number of hydrogen-bond donors (Lipinski definition) is 1. The van der Waals surface area contributed by atoms with E-state index in [1.807, 2.05) is 41.8 Å². The molecule has 30 heavy (non-hydrogen) atoms. The summed E-state index contributed by atoms with van der Waals surface area (Å²) in [7, 11) is 0. The number of hydrogen-bond acceptors (Lipinski definition) is 6. The van der Waals surface area contributed by atoms with Crippen molar-refractivity contribution in [2.45, 2.75) is 32.1 Å². The number of benzene rings is 1. The van der Waals surface area contributed by atoms with Crippen molar-refractivity contribution < 1.29 is 14.3 Å². The largest absolute Gasteiger partial charge is 0.487 e. The predicted octanol–water partition coefficient (Wildman–Crippen LogP) is 4.33. The SMILES string of the molecule is O=C(Nc1cccc(OCc2cscn2)c1)N(Cc1cccnc1)CC1CCCO1. The predicted molar refractivity (Wildman–Crippen MR) is 116 cm³/mol. The van der Waals surface area contributed by atoms with E-state index >= 15 is 0 Å². The Morgan fingerprint density at radius 2 is 2.30 bits per heavy atom. The van der Waals surface area contributed by atoms with Crippen LogP contribution in [0.5, 0.6) is 5.75 Å². The Morgan fingerprint density at radius 1 is 1.33 bits per heavy atom. The van der Waals surface area contributed by atoms with E-state index in [0.29, 0.717) is 31.1 Å². The molecule has 1 atom stereocenters. The van der Waals surface area contributed by atoms with Crippen LogP contribution in [0, 0.1) is 0 Å². The molecule has 1 fully saturated rings. The van der Waals surface area contributed by atoms with Crippen molar-refractivity contribution in [1.29, 1.82) is 0 Å². The molecule has 4 rings (SSSR count). The Morgan fingerprint density at radius 3 is 3.07 bits per heavy atom. The molecule has 1 N–H and O–H groups in total. The van der Waals surface area contributed by atoms with Crippen molar-refractivity contribution in [1.82, 2.24) is 14.9 Å². The smallest absolute Gasteiger partial charge is 0.322 e. The van der Waals surface area contributed by atoms with Crippen LogP contribution in [0.4, 0.5) is 10.5 Å². The molecule has 3 heterocycles. The van der Waals surface area contributed by atoms with Gasteiger partial charge in [-0.25, -0.2) is 9.78 Å². The summed E-state index contributed by atoms with van der Waals surface area (Å²) in [5.74, 6) is 0.679. The first kappa shape index (κ1) is 20.3. The molecule has 0 saturated carbocycles. The minimum absolute atomic E-state index is 0.0696. The lowest BCUT2D eigenvalue weighted by Crippen LogP contribution is -2.39. The number of rotatable bonds is 8. The van der Waals surface area contributed by atoms with Gasteiger partial charge in [0.15, 0.2) is 0 Å². The van der Waals surface area contributed by atoms with Crippen LogP contribution in [0.1, 0.15) is 24.1 Å². The standard InChI is InChI=1S/C22H24N4O3S/c27-22(25-18-5-1-6-20(10-18)29-14-19-15-30-16-24-19)26(13-21-7-3-9-28-21)12-17-4-2-8-23-11-17/h1-2,4-6,8,10-11,15-16,21H,3,7,9,12-14H2,(H,25,27). The van der Waals surface area contributed by atoms with E-state index < -0.39 is 0 Å². The molecule has 3 aromatic rings. The van der Waals surface area contributed by atoms with Gasteiger partial charge < -0.3 is 19.7 Å². The van der Waals surface area contributed by atoms with Gasteiger partial charge in [-0.15, -0.1) is 11.3 Å². The summed E-state index contributed by atoms with van der Waals surface area (Å²) in [6.07, 6.45) is 5.58. The first-order valence-electron chi connectivity index (χ1n) is 9.92. The fraction of sp³-hybridized carbons (Fsp3) is 0.318. The Hall–Kier alpha value is -2.97. The Bertz CT molecular complexity index is 931. The van der Waals surface area contributed by atoms with Gasteiger partial charge in [0.05, 0.1) is 17.3 Å². The Balaban J connectivity index is 1.41. The van der Waals surface area contributed by atoms with Crippen LogP contribution in [0.3, 0.4) is 0 Å². The van der Waals surface area contributed by atoms with E-state index in [0.717, 1.165) is 30.7 Å². The van der Waals surface area contributed by atoms with Crippen molar-refractivity contribution in [3.05, 3.63) is 70.9 Å². The number of urea groups is 1. The number of nitrogens with zero attached hydrogens (tertiary/aromatic N) is 3. The minimum atomic E-state index is -0.175. The number of thiazole rings is 1. The molecule has 1 aromatic carbocycles. The van der Waals surface area contributed by atoms with Crippen LogP contribution in [0.25, 0.3) is 0 Å². The van der Waals surface area contributed by atoms with Crippen LogP contribution < -0.4 is 10.1 Å². The second kappa shape index (κ2) is 10.2. The number of pyridine rings is 1. The molecule has 7 nitrogen and oxygen atoms in total. The summed E-state index contributed by atoms with van der Waals surface area (Å²) < 4.78 is 11.5. The van der Waals surface area contributed by atoms with Gasteiger partial charge in [-0.1, -0.05) is 12.1 Å². The fourth-order valence-corrected chi connectivity index (χ4v) is 3.84. The molecule has 156 valence electrons. The first-order valence-corrected chi connectivity index (χ1v) is 10.9. The fourth-order valence-electron chi connectivity index (χ4n) is 3.30. The number of anilines is 1. The van der Waals surface area contributed by atoms with Gasteiger partial charge in [0.2, 0.25) is 0 Å². The van der Waals surface area contributed by atoms with Gasteiger partial charge >= 0.3 is 6.03 Å². The molecule has 2 amide bonds. The van der Waals surface area contributed by atoms with Crippen LogP contribution in [-0.2, 0) is 17.9 Å². The summed E-state index contributed by atoms with van der Waals surface area (Å²) in [4.78, 5) is 23.2. The molecule has 8 heteroatoms. The number of carbonyl (C=O) groups is 1. The molecule has 1 aliphatic rings. The number of ether oxygens (including phenoxy) is 2. The summed E-state index contributed by atoms with van der Waals surface area (Å²) in [5.41, 5.74) is 4.32. The first-order chi connectivity index (χ1) is 14.8. The van der Waals surface area contributed by atoms with Crippen molar-refractivity contribution in [2.24, 2.45) is 0 Å². The number of aromatic nitrogens is 2. The summed E-state index contributed by atoms with van der Waals surface area (Å²) in [6.45, 7) is 2.17. The van der Waals surface area contributed by atoms with Gasteiger partial charge in [-0.05, 0) is 36.6 Å². The van der Waals surface area contributed by atoms with Crippen LogP contribution in [0.2, 0.25) is 0 Å². The lowest BCUT2D eigenvalue weighted by atomic mass is 10.2. The van der Waals surface area contributed by atoms with Crippen LogP contribution in [0.15, 0.2) is 59.7 Å². The normalized spacial score (nSPS) is 15.7. The molecule has 0 radical (unpaired) electrons. The van der Waals surface area contributed by atoms with E-state index in [4.69, 9.17) is 9.47 Å². The van der Waals surface area contributed by atoms with Crippen LogP contribution in [-0.4, -0.2) is 40.2 Å². The molecular weight excluding hydrogens is 400 g/mol. The lowest BCUT2D eigenvalue weighted by Gasteiger charge is -2.26. The molecule has 1 saturated heterocycles. The highest BCUT2D eigenvalue weighted by Gasteiger charge is 2.23. The zero-order valence-corrected chi connectivity index (χ0v) is 17.4. The van der Waals surface area contributed by atoms with Gasteiger partial charge in [0.25, 0.3) is 0 Å². The molecular formula is C22H24N4O3S. The van der Waals surface area contributed by atoms with Crippen LogP contribution >= 0.6 is 11.3 Å². The second-order valence-corrected chi connectivity index (χ2v) is 7.82. The van der Waals surface area contributed by atoms with Crippen molar-refractivity contribution in [3.63, 3.8) is 0 Å². The third-order valence-corrected chi connectivity index (χ3v) is 5.42. The maximum absolute atomic E-state index is 13.1. The van der Waals surface area contributed by atoms with Gasteiger partial charge in [-0.2, -0.15) is 0 Å². The van der Waals surface area contributed by atoms with Gasteiger partial charge in [0, 0.05) is 49.2 Å². The Kier molecular flexibility index (Phi) is 6.89. The monoisotopic (exact) mass is 424 g/mol. The number of nitrogens with one attached hydrogen (secondary N) is 1. The highest BCUT2D eigenvalue weighted by molar-refractivity contribution is 7.07. The molecule has 0 spiro atoms. The van der Waals surface area contributed by atoms with E-state index in [1.165, 1.54) is 11.3 Å². The highest BCUT2D eigenvalue weighted by Crippen LogP contribution is 2.20. The minimum Gasteiger partial charge on any atom is -0.487 e. The lowest BCUT2D eigenvalue weighted by molar-refractivity contribution is 0.0819. The van der Waals surface area contributed by atoms with Gasteiger partial charge in [-0.3, -0.25) is 4.98 Å². The second-order valence-electron chi connectivity index (χ2n) is 7.10. The molecule has 0 aliphatic carbocycles. The quantitative estimate of drug-likeness (QED) is 0.582. The van der Waals surface area contributed by atoms with Crippen molar-refractivity contribution in [3.8, 4) is 5.75 Å². The van der Waals surface area contributed by atoms with E-state index in [1.54, 1.807) is 22.8 Å². The number of amides is 2. The van der Waals surface area contributed by atoms with Crippen molar-refractivity contribution >= 4 is 23.1 Å². The zero-order chi connectivity index (χ0) is 20.6. The maximum atomic E-state index is 13.1. The Labute approximate surface area is 179 Å². The number of carbonyl (C=O) groups excluding carboxylic acids is 1. The summed E-state index contributed by atoms with van der Waals surface area (Å²) in [6, 6.07) is 11.1. The van der Waals surface area contributed by atoms with Gasteiger partial charge in [0.1, 0.15) is 12.4 Å². The summed E-state index contributed by atoms with van der Waals surface area (Å²) in [5, 5.41) is 4.94. The average molecular weight is 425 g/mol. The third kappa shape index (κ3) is 5.77. The zero-order valence-electron chi connectivity index (χ0n) is 16.6. The average Bonchev–Trinajstić information content (AvgIpc) is 3.47. The van der Waals surface area contributed by atoms with E-state index in [-0.39, 0.29) is 12.1 Å². The molecule has 2 aromatic heterocycles. The molecule has 0 bridgehead atoms. The highest BCUT2D eigenvalue weighted by atomic mass is 32.1. The summed E-state index contributed by atoms with van der Waals surface area (Å²) >= 11 is 1.53. The maximum Gasteiger partial charge on any atom is 0.322 e.